The highest BCUT2D eigenvalue weighted by Gasteiger charge is 2.16. The number of benzene rings is 1. The van der Waals surface area contributed by atoms with E-state index in [1.54, 1.807) is 20.5 Å². The first-order chi connectivity index (χ1) is 8.80. The second-order valence-corrected chi connectivity index (χ2v) is 3.85. The summed E-state index contributed by atoms with van der Waals surface area (Å²) in [5.41, 5.74) is 1.06. The Kier molecular flexibility index (Phi) is 3.89. The van der Waals surface area contributed by atoms with Crippen LogP contribution in [0, 0.1) is 0 Å². The van der Waals surface area contributed by atoms with Gasteiger partial charge in [-0.05, 0) is 36.9 Å². The van der Waals surface area contributed by atoms with E-state index in [0.29, 0.717) is 5.75 Å². The zero-order chi connectivity index (χ0) is 13.0. The van der Waals surface area contributed by atoms with Gasteiger partial charge in [-0.1, -0.05) is 6.07 Å². The highest BCUT2D eigenvalue weighted by atomic mass is 16.5. The largest absolute Gasteiger partial charge is 0.493 e. The van der Waals surface area contributed by atoms with Crippen LogP contribution in [0.25, 0.3) is 0 Å². The molecule has 0 aliphatic rings. The van der Waals surface area contributed by atoms with Crippen LogP contribution in [0.15, 0.2) is 41.0 Å². The lowest BCUT2D eigenvalue weighted by Crippen LogP contribution is -2.17. The van der Waals surface area contributed by atoms with Crippen molar-refractivity contribution in [1.82, 2.24) is 5.32 Å². The second-order valence-electron chi connectivity index (χ2n) is 3.85. The van der Waals surface area contributed by atoms with Crippen molar-refractivity contribution in [2.45, 2.75) is 6.04 Å². The van der Waals surface area contributed by atoms with Gasteiger partial charge in [0.25, 0.3) is 0 Å². The summed E-state index contributed by atoms with van der Waals surface area (Å²) in [6.07, 6.45) is 1.67. The van der Waals surface area contributed by atoms with Crippen molar-refractivity contribution in [3.05, 3.63) is 47.9 Å². The van der Waals surface area contributed by atoms with E-state index >= 15 is 0 Å². The summed E-state index contributed by atoms with van der Waals surface area (Å²) < 4.78 is 16.0. The quantitative estimate of drug-likeness (QED) is 0.882. The lowest BCUT2D eigenvalue weighted by Gasteiger charge is -2.16. The van der Waals surface area contributed by atoms with Crippen LogP contribution in [0.1, 0.15) is 17.4 Å². The smallest absolute Gasteiger partial charge is 0.161 e. The molecule has 0 aliphatic carbocycles. The van der Waals surface area contributed by atoms with Gasteiger partial charge in [0.15, 0.2) is 11.5 Å². The average molecular weight is 247 g/mol. The van der Waals surface area contributed by atoms with E-state index in [1.807, 2.05) is 37.4 Å². The number of methoxy groups -OCH3 is 2. The summed E-state index contributed by atoms with van der Waals surface area (Å²) in [4.78, 5) is 0. The summed E-state index contributed by atoms with van der Waals surface area (Å²) in [6.45, 7) is 0. The van der Waals surface area contributed by atoms with Gasteiger partial charge in [-0.2, -0.15) is 0 Å². The Bertz CT molecular complexity index is 494. The monoisotopic (exact) mass is 247 g/mol. The van der Waals surface area contributed by atoms with Crippen molar-refractivity contribution in [2.75, 3.05) is 21.3 Å². The van der Waals surface area contributed by atoms with E-state index in [-0.39, 0.29) is 6.04 Å². The summed E-state index contributed by atoms with van der Waals surface area (Å²) in [5, 5.41) is 3.22. The van der Waals surface area contributed by atoms with Crippen molar-refractivity contribution in [3.8, 4) is 11.5 Å². The number of nitrogens with one attached hydrogen (secondary N) is 1. The van der Waals surface area contributed by atoms with Gasteiger partial charge >= 0.3 is 0 Å². The third-order valence-corrected chi connectivity index (χ3v) is 2.86. The zero-order valence-corrected chi connectivity index (χ0v) is 10.8. The first kappa shape index (κ1) is 12.5. The molecule has 1 unspecified atom stereocenters. The van der Waals surface area contributed by atoms with Crippen LogP contribution in [0.4, 0.5) is 0 Å². The number of rotatable bonds is 5. The molecule has 1 heterocycles. The highest BCUT2D eigenvalue weighted by Crippen LogP contribution is 2.32. The molecule has 2 aromatic rings. The Hall–Kier alpha value is -1.94. The van der Waals surface area contributed by atoms with Gasteiger partial charge in [0.1, 0.15) is 5.76 Å². The van der Waals surface area contributed by atoms with Crippen molar-refractivity contribution in [1.29, 1.82) is 0 Å². The van der Waals surface area contributed by atoms with E-state index in [4.69, 9.17) is 13.9 Å². The number of furan rings is 1. The van der Waals surface area contributed by atoms with E-state index in [1.165, 1.54) is 0 Å². The summed E-state index contributed by atoms with van der Waals surface area (Å²) in [5.74, 6) is 2.29. The van der Waals surface area contributed by atoms with Crippen LogP contribution >= 0.6 is 0 Å². The predicted molar refractivity (Wildman–Crippen MR) is 69.2 cm³/mol. The number of hydrogen-bond acceptors (Lipinski definition) is 4. The third-order valence-electron chi connectivity index (χ3n) is 2.86. The molecule has 2 rings (SSSR count). The Morgan fingerprint density at radius 2 is 1.89 bits per heavy atom. The van der Waals surface area contributed by atoms with Crippen molar-refractivity contribution < 1.29 is 13.9 Å². The minimum absolute atomic E-state index is 0.000180. The maximum absolute atomic E-state index is 5.44. The molecule has 0 bridgehead atoms. The Morgan fingerprint density at radius 1 is 1.11 bits per heavy atom. The van der Waals surface area contributed by atoms with E-state index < -0.39 is 0 Å². The molecule has 1 aromatic carbocycles. The van der Waals surface area contributed by atoms with Gasteiger partial charge < -0.3 is 19.2 Å². The van der Waals surface area contributed by atoms with E-state index in [0.717, 1.165) is 17.1 Å². The van der Waals surface area contributed by atoms with Crippen LogP contribution in [0.5, 0.6) is 11.5 Å². The maximum Gasteiger partial charge on any atom is 0.161 e. The molecular formula is C14H17NO3. The molecule has 96 valence electrons. The third kappa shape index (κ3) is 2.33. The fourth-order valence-corrected chi connectivity index (χ4v) is 1.96. The SMILES string of the molecule is CNC(c1ccc(OC)c(OC)c1)c1ccco1. The highest BCUT2D eigenvalue weighted by molar-refractivity contribution is 5.45. The summed E-state index contributed by atoms with van der Waals surface area (Å²) in [7, 11) is 5.15. The standard InChI is InChI=1S/C14H17NO3/c1-15-14(12-5-4-8-18-12)10-6-7-11(16-2)13(9-10)17-3/h4-9,14-15H,1-3H3. The van der Waals surface area contributed by atoms with Gasteiger partial charge in [0.2, 0.25) is 0 Å². The minimum Gasteiger partial charge on any atom is -0.493 e. The molecule has 18 heavy (non-hydrogen) atoms. The van der Waals surface area contributed by atoms with E-state index in [9.17, 15) is 0 Å². The van der Waals surface area contributed by atoms with Crippen molar-refractivity contribution in [3.63, 3.8) is 0 Å². The Morgan fingerprint density at radius 3 is 2.44 bits per heavy atom. The van der Waals surface area contributed by atoms with Crippen LogP contribution in [0.2, 0.25) is 0 Å². The minimum atomic E-state index is -0.000180. The Labute approximate surface area is 107 Å². The molecule has 0 radical (unpaired) electrons. The van der Waals surface area contributed by atoms with Gasteiger partial charge in [-0.15, -0.1) is 0 Å². The number of hydrogen-bond donors (Lipinski definition) is 1. The van der Waals surface area contributed by atoms with Crippen LogP contribution in [0.3, 0.4) is 0 Å². The van der Waals surface area contributed by atoms with Gasteiger partial charge in [-0.3, -0.25) is 0 Å². The molecule has 1 atom stereocenters. The lowest BCUT2D eigenvalue weighted by atomic mass is 10.0. The molecular weight excluding hydrogens is 230 g/mol. The molecule has 0 saturated heterocycles. The number of ether oxygens (including phenoxy) is 2. The average Bonchev–Trinajstić information content (AvgIpc) is 2.93. The second kappa shape index (κ2) is 5.60. The van der Waals surface area contributed by atoms with Gasteiger partial charge in [0.05, 0.1) is 26.5 Å². The first-order valence-electron chi connectivity index (χ1n) is 5.72. The van der Waals surface area contributed by atoms with Crippen LogP contribution < -0.4 is 14.8 Å². The van der Waals surface area contributed by atoms with Gasteiger partial charge in [-0.25, -0.2) is 0 Å². The molecule has 0 spiro atoms. The summed E-state index contributed by atoms with van der Waals surface area (Å²) in [6, 6.07) is 9.65. The first-order valence-corrected chi connectivity index (χ1v) is 5.72. The molecule has 1 aromatic heterocycles. The molecule has 4 heteroatoms. The fraction of sp³-hybridized carbons (Fsp3) is 0.286. The predicted octanol–water partition coefficient (Wildman–Crippen LogP) is 2.61. The Balaban J connectivity index is 2.37. The van der Waals surface area contributed by atoms with Crippen molar-refractivity contribution in [2.24, 2.45) is 0 Å². The van der Waals surface area contributed by atoms with Crippen LogP contribution in [-0.4, -0.2) is 21.3 Å². The summed E-state index contributed by atoms with van der Waals surface area (Å²) >= 11 is 0. The van der Waals surface area contributed by atoms with Gasteiger partial charge in [0, 0.05) is 0 Å². The van der Waals surface area contributed by atoms with Crippen LogP contribution in [-0.2, 0) is 0 Å². The lowest BCUT2D eigenvalue weighted by molar-refractivity contribution is 0.354. The zero-order valence-electron chi connectivity index (χ0n) is 10.8. The molecule has 0 saturated carbocycles. The van der Waals surface area contributed by atoms with E-state index in [2.05, 4.69) is 5.32 Å². The molecule has 0 aliphatic heterocycles. The molecule has 1 N–H and O–H groups in total. The topological polar surface area (TPSA) is 43.6 Å². The van der Waals surface area contributed by atoms with Crippen molar-refractivity contribution >= 4 is 0 Å². The normalized spacial score (nSPS) is 12.2. The molecule has 0 amide bonds. The fourth-order valence-electron chi connectivity index (χ4n) is 1.96. The molecule has 0 fully saturated rings. The maximum atomic E-state index is 5.44. The molecule has 4 nitrogen and oxygen atoms in total.